The molecular formula is C23H28ClN5. The zero-order chi connectivity index (χ0) is 20.4. The van der Waals surface area contributed by atoms with Crippen LogP contribution in [0.15, 0.2) is 58.6 Å². The maximum Gasteiger partial charge on any atom is 0.223 e. The Hall–Kier alpha value is -2.37. The van der Waals surface area contributed by atoms with E-state index in [-0.39, 0.29) is 6.04 Å². The van der Waals surface area contributed by atoms with E-state index in [1.807, 2.05) is 24.3 Å². The SMILES string of the molecule is C/C(Cc1ccccc1)=N\N1C(N2CCN(C)CC2)=Nc2ccc(Cl)cc2C1C. The van der Waals surface area contributed by atoms with E-state index in [0.717, 1.165) is 60.5 Å². The largest absolute Gasteiger partial charge is 0.338 e. The van der Waals surface area contributed by atoms with Crippen molar-refractivity contribution >= 4 is 29.0 Å². The van der Waals surface area contributed by atoms with Crippen LogP contribution in [0, 0.1) is 0 Å². The fourth-order valence-corrected chi connectivity index (χ4v) is 4.07. The molecule has 2 heterocycles. The highest BCUT2D eigenvalue weighted by molar-refractivity contribution is 6.30. The van der Waals surface area contributed by atoms with E-state index in [0.29, 0.717) is 0 Å². The monoisotopic (exact) mass is 409 g/mol. The van der Waals surface area contributed by atoms with Crippen molar-refractivity contribution in [1.29, 1.82) is 0 Å². The number of guanidine groups is 1. The number of aliphatic imine (C=N–C) groups is 1. The molecule has 2 aromatic carbocycles. The maximum absolute atomic E-state index is 6.29. The van der Waals surface area contributed by atoms with Gasteiger partial charge in [0, 0.05) is 48.9 Å². The number of nitrogens with zero attached hydrogens (tertiary/aromatic N) is 5. The summed E-state index contributed by atoms with van der Waals surface area (Å²) < 4.78 is 0. The van der Waals surface area contributed by atoms with Gasteiger partial charge in [0.25, 0.3) is 0 Å². The van der Waals surface area contributed by atoms with E-state index in [1.54, 1.807) is 0 Å². The van der Waals surface area contributed by atoms with Gasteiger partial charge in [-0.05, 0) is 44.7 Å². The molecule has 0 aliphatic carbocycles. The average Bonchev–Trinajstić information content (AvgIpc) is 2.72. The van der Waals surface area contributed by atoms with Gasteiger partial charge in [-0.2, -0.15) is 5.10 Å². The minimum atomic E-state index is 0.0709. The molecule has 2 aromatic rings. The van der Waals surface area contributed by atoms with Gasteiger partial charge < -0.3 is 9.80 Å². The minimum Gasteiger partial charge on any atom is -0.338 e. The smallest absolute Gasteiger partial charge is 0.223 e. The van der Waals surface area contributed by atoms with E-state index >= 15 is 0 Å². The molecule has 0 aromatic heterocycles. The first-order valence-corrected chi connectivity index (χ1v) is 10.6. The van der Waals surface area contributed by atoms with Crippen molar-refractivity contribution in [3.05, 3.63) is 64.7 Å². The molecule has 2 aliphatic rings. The standard InChI is InChI=1S/C23H28ClN5/c1-17(15-19-7-5-4-6-8-19)26-29-18(2)21-16-20(24)9-10-22(21)25-23(29)28-13-11-27(3)12-14-28/h4-10,16,18H,11-15H2,1-3H3/b26-17+. The van der Waals surface area contributed by atoms with Crippen LogP contribution in [0.5, 0.6) is 0 Å². The molecule has 5 nitrogen and oxygen atoms in total. The summed E-state index contributed by atoms with van der Waals surface area (Å²) in [5.41, 5.74) is 4.44. The molecule has 0 N–H and O–H groups in total. The van der Waals surface area contributed by atoms with Gasteiger partial charge in [-0.15, -0.1) is 0 Å². The van der Waals surface area contributed by atoms with Gasteiger partial charge in [0.2, 0.25) is 5.96 Å². The van der Waals surface area contributed by atoms with Crippen molar-refractivity contribution in [2.24, 2.45) is 10.1 Å². The third-order valence-corrected chi connectivity index (χ3v) is 5.83. The summed E-state index contributed by atoms with van der Waals surface area (Å²) in [5.74, 6) is 0.938. The van der Waals surface area contributed by atoms with Crippen LogP contribution in [-0.2, 0) is 6.42 Å². The van der Waals surface area contributed by atoms with Crippen LogP contribution in [-0.4, -0.2) is 59.7 Å². The predicted octanol–water partition coefficient (Wildman–Crippen LogP) is 4.57. The third kappa shape index (κ3) is 4.46. The molecule has 1 unspecified atom stereocenters. The van der Waals surface area contributed by atoms with Crippen molar-refractivity contribution in [2.75, 3.05) is 33.2 Å². The zero-order valence-corrected chi connectivity index (χ0v) is 18.1. The summed E-state index contributed by atoms with van der Waals surface area (Å²) in [4.78, 5) is 9.72. The zero-order valence-electron chi connectivity index (χ0n) is 17.3. The van der Waals surface area contributed by atoms with Crippen LogP contribution in [0.3, 0.4) is 0 Å². The van der Waals surface area contributed by atoms with E-state index in [9.17, 15) is 0 Å². The molecule has 2 aliphatic heterocycles. The van der Waals surface area contributed by atoms with E-state index in [4.69, 9.17) is 21.7 Å². The van der Waals surface area contributed by atoms with Crippen molar-refractivity contribution in [3.63, 3.8) is 0 Å². The van der Waals surface area contributed by atoms with E-state index < -0.39 is 0 Å². The fraction of sp³-hybridized carbons (Fsp3) is 0.391. The minimum absolute atomic E-state index is 0.0709. The molecule has 1 saturated heterocycles. The van der Waals surface area contributed by atoms with Gasteiger partial charge in [0.15, 0.2) is 0 Å². The second kappa shape index (κ2) is 8.56. The maximum atomic E-state index is 6.29. The second-order valence-electron chi connectivity index (χ2n) is 7.92. The van der Waals surface area contributed by atoms with Crippen LogP contribution in [0.1, 0.15) is 31.0 Å². The molecule has 1 fully saturated rings. The summed E-state index contributed by atoms with van der Waals surface area (Å²) >= 11 is 6.29. The number of rotatable bonds is 3. The third-order valence-electron chi connectivity index (χ3n) is 5.60. The highest BCUT2D eigenvalue weighted by atomic mass is 35.5. The molecule has 6 heteroatoms. The number of fused-ring (bicyclic) bond motifs is 1. The first kappa shape index (κ1) is 19.9. The average molecular weight is 410 g/mol. The summed E-state index contributed by atoms with van der Waals surface area (Å²) in [6.45, 7) is 8.24. The normalized spacial score (nSPS) is 20.5. The molecule has 0 spiro atoms. The number of hydrogen-bond donors (Lipinski definition) is 0. The predicted molar refractivity (Wildman–Crippen MR) is 121 cm³/mol. The highest BCUT2D eigenvalue weighted by Gasteiger charge is 2.32. The molecule has 29 heavy (non-hydrogen) atoms. The molecular weight excluding hydrogens is 382 g/mol. The number of piperazine rings is 1. The second-order valence-corrected chi connectivity index (χ2v) is 8.36. The van der Waals surface area contributed by atoms with Gasteiger partial charge in [-0.25, -0.2) is 10.0 Å². The van der Waals surface area contributed by atoms with Gasteiger partial charge in [0.1, 0.15) is 0 Å². The lowest BCUT2D eigenvalue weighted by atomic mass is 10.0. The lowest BCUT2D eigenvalue weighted by molar-refractivity contribution is 0.186. The van der Waals surface area contributed by atoms with Gasteiger partial charge in [-0.1, -0.05) is 41.9 Å². The van der Waals surface area contributed by atoms with Gasteiger partial charge >= 0.3 is 0 Å². The lowest BCUT2D eigenvalue weighted by Gasteiger charge is -2.41. The molecule has 1 atom stereocenters. The molecule has 4 rings (SSSR count). The molecule has 0 bridgehead atoms. The first-order valence-electron chi connectivity index (χ1n) is 10.2. The number of hydrogen-bond acceptors (Lipinski definition) is 5. The summed E-state index contributed by atoms with van der Waals surface area (Å²) in [5, 5.41) is 7.86. The van der Waals surface area contributed by atoms with Crippen molar-refractivity contribution in [1.82, 2.24) is 14.8 Å². The van der Waals surface area contributed by atoms with Crippen LogP contribution < -0.4 is 0 Å². The molecule has 0 amide bonds. The van der Waals surface area contributed by atoms with Crippen molar-refractivity contribution < 1.29 is 0 Å². The fourth-order valence-electron chi connectivity index (χ4n) is 3.89. The van der Waals surface area contributed by atoms with Crippen molar-refractivity contribution in [3.8, 4) is 0 Å². The van der Waals surface area contributed by atoms with Crippen LogP contribution in [0.2, 0.25) is 5.02 Å². The Morgan fingerprint density at radius 3 is 2.55 bits per heavy atom. The van der Waals surface area contributed by atoms with Crippen LogP contribution in [0.25, 0.3) is 0 Å². The number of hydrazone groups is 1. The summed E-state index contributed by atoms with van der Waals surface area (Å²) in [7, 11) is 2.17. The number of benzene rings is 2. The summed E-state index contributed by atoms with van der Waals surface area (Å²) in [6.07, 6.45) is 0.822. The summed E-state index contributed by atoms with van der Waals surface area (Å²) in [6, 6.07) is 16.5. The Labute approximate surface area is 178 Å². The van der Waals surface area contributed by atoms with Crippen LogP contribution in [0.4, 0.5) is 5.69 Å². The number of halogens is 1. The Kier molecular flexibility index (Phi) is 5.88. The molecule has 152 valence electrons. The van der Waals surface area contributed by atoms with Crippen LogP contribution >= 0.6 is 11.6 Å². The first-order chi connectivity index (χ1) is 14.0. The quantitative estimate of drug-likeness (QED) is 0.696. The molecule has 0 radical (unpaired) electrons. The Balaban J connectivity index is 1.68. The van der Waals surface area contributed by atoms with Gasteiger partial charge in [0.05, 0.1) is 11.7 Å². The molecule has 0 saturated carbocycles. The Bertz CT molecular complexity index is 916. The lowest BCUT2D eigenvalue weighted by Crippen LogP contribution is -2.52. The topological polar surface area (TPSA) is 34.4 Å². The van der Waals surface area contributed by atoms with E-state index in [2.05, 4.69) is 60.0 Å². The Morgan fingerprint density at radius 2 is 1.83 bits per heavy atom. The Morgan fingerprint density at radius 1 is 1.10 bits per heavy atom. The van der Waals surface area contributed by atoms with E-state index in [1.165, 1.54) is 5.56 Å². The number of likely N-dealkylation sites (N-methyl/N-ethyl adjacent to an activating group) is 1. The van der Waals surface area contributed by atoms with Gasteiger partial charge in [-0.3, -0.25) is 0 Å². The van der Waals surface area contributed by atoms with Crippen molar-refractivity contribution in [2.45, 2.75) is 26.3 Å². The highest BCUT2D eigenvalue weighted by Crippen LogP contribution is 2.37.